The van der Waals surface area contributed by atoms with Gasteiger partial charge in [0.25, 0.3) is 0 Å². The summed E-state index contributed by atoms with van der Waals surface area (Å²) in [5, 5.41) is 25.8. The van der Waals surface area contributed by atoms with Gasteiger partial charge in [-0.15, -0.1) is 15.3 Å². The molecule has 0 fully saturated rings. The Bertz CT molecular complexity index is 1280. The highest BCUT2D eigenvalue weighted by atomic mass is 15.5. The number of benzene rings is 3. The highest BCUT2D eigenvalue weighted by Crippen LogP contribution is 2.31. The number of anilines is 2. The Morgan fingerprint density at radius 1 is 0.793 bits per heavy atom. The molecule has 0 saturated carbocycles. The maximum Gasteiger partial charge on any atom is 0.161 e. The van der Waals surface area contributed by atoms with Crippen LogP contribution in [0.3, 0.4) is 0 Å². The zero-order chi connectivity index (χ0) is 19.6. The number of hydrogen-bond donors (Lipinski definition) is 1. The van der Waals surface area contributed by atoms with Crippen molar-refractivity contribution in [3.05, 3.63) is 84.7 Å². The molecule has 0 radical (unpaired) electrons. The number of fused-ring (bicyclic) bond motifs is 1. The van der Waals surface area contributed by atoms with Crippen molar-refractivity contribution in [3.8, 4) is 16.9 Å². The van der Waals surface area contributed by atoms with Crippen LogP contribution in [0.4, 0.5) is 11.5 Å². The SMILES string of the molecule is Cc1ccccc1Nc1nnc(-c2ccc(-n3cnnn3)cc2)c2ccccc12. The van der Waals surface area contributed by atoms with E-state index in [9.17, 15) is 0 Å². The van der Waals surface area contributed by atoms with Gasteiger partial charge in [0.05, 0.1) is 5.69 Å². The highest BCUT2D eigenvalue weighted by Gasteiger charge is 2.12. The minimum atomic E-state index is 0.740. The summed E-state index contributed by atoms with van der Waals surface area (Å²) in [6, 6.07) is 24.2. The first kappa shape index (κ1) is 17.0. The van der Waals surface area contributed by atoms with E-state index in [1.807, 2.05) is 54.6 Å². The third-order valence-electron chi connectivity index (χ3n) is 4.84. The van der Waals surface area contributed by atoms with Crippen LogP contribution in [0.25, 0.3) is 27.7 Å². The molecule has 1 N–H and O–H groups in total. The predicted octanol–water partition coefficient (Wildman–Crippen LogP) is 4.32. The van der Waals surface area contributed by atoms with Gasteiger partial charge in [-0.1, -0.05) is 54.6 Å². The maximum atomic E-state index is 4.54. The average Bonchev–Trinajstić information content (AvgIpc) is 3.31. The molecule has 0 aliphatic heterocycles. The van der Waals surface area contributed by atoms with Gasteiger partial charge in [-0.05, 0) is 41.1 Å². The number of hydrogen-bond acceptors (Lipinski definition) is 6. The zero-order valence-electron chi connectivity index (χ0n) is 15.7. The third-order valence-corrected chi connectivity index (χ3v) is 4.84. The lowest BCUT2D eigenvalue weighted by atomic mass is 10.0. The van der Waals surface area contributed by atoms with Gasteiger partial charge < -0.3 is 5.32 Å². The lowest BCUT2D eigenvalue weighted by molar-refractivity contribution is 0.789. The van der Waals surface area contributed by atoms with Crippen LogP contribution < -0.4 is 5.32 Å². The smallest absolute Gasteiger partial charge is 0.161 e. The van der Waals surface area contributed by atoms with E-state index in [0.29, 0.717) is 0 Å². The van der Waals surface area contributed by atoms with E-state index in [1.165, 1.54) is 0 Å². The monoisotopic (exact) mass is 379 g/mol. The van der Waals surface area contributed by atoms with Crippen LogP contribution in [-0.4, -0.2) is 30.4 Å². The van der Waals surface area contributed by atoms with Crippen molar-refractivity contribution in [3.63, 3.8) is 0 Å². The molecule has 0 atom stereocenters. The molecule has 0 bridgehead atoms. The van der Waals surface area contributed by atoms with Gasteiger partial charge in [0.15, 0.2) is 5.82 Å². The first-order valence-corrected chi connectivity index (χ1v) is 9.21. The van der Waals surface area contributed by atoms with Crippen molar-refractivity contribution in [2.24, 2.45) is 0 Å². The van der Waals surface area contributed by atoms with Crippen molar-refractivity contribution in [2.75, 3.05) is 5.32 Å². The molecule has 0 aliphatic rings. The summed E-state index contributed by atoms with van der Waals surface area (Å²) in [4.78, 5) is 0. The second kappa shape index (κ2) is 7.12. The van der Waals surface area contributed by atoms with Gasteiger partial charge in [0, 0.05) is 22.0 Å². The fraction of sp³-hybridized carbons (Fsp3) is 0.0455. The molecule has 0 saturated heterocycles. The summed E-state index contributed by atoms with van der Waals surface area (Å²) >= 11 is 0. The molecule has 5 aromatic rings. The van der Waals surface area contributed by atoms with Crippen molar-refractivity contribution in [1.82, 2.24) is 30.4 Å². The molecule has 0 amide bonds. The summed E-state index contributed by atoms with van der Waals surface area (Å²) in [6.07, 6.45) is 1.57. The zero-order valence-corrected chi connectivity index (χ0v) is 15.7. The summed E-state index contributed by atoms with van der Waals surface area (Å²) in [5.74, 6) is 0.740. The first-order valence-electron chi connectivity index (χ1n) is 9.21. The summed E-state index contributed by atoms with van der Waals surface area (Å²) < 4.78 is 1.61. The number of nitrogens with zero attached hydrogens (tertiary/aromatic N) is 6. The topological polar surface area (TPSA) is 81.4 Å². The fourth-order valence-electron chi connectivity index (χ4n) is 3.30. The second-order valence-electron chi connectivity index (χ2n) is 6.68. The Hall–Kier alpha value is -4.13. The number of tetrazole rings is 1. The van der Waals surface area contributed by atoms with Crippen molar-refractivity contribution in [1.29, 1.82) is 0 Å². The van der Waals surface area contributed by atoms with Gasteiger partial charge in [-0.2, -0.15) is 0 Å². The lowest BCUT2D eigenvalue weighted by Gasteiger charge is -2.13. The number of para-hydroxylation sites is 1. The van der Waals surface area contributed by atoms with Gasteiger partial charge in [0.2, 0.25) is 0 Å². The van der Waals surface area contributed by atoms with Crippen molar-refractivity contribution < 1.29 is 0 Å². The standard InChI is InChI=1S/C22H17N7/c1-15-6-2-5-9-20(15)24-22-19-8-4-3-7-18(19)21(25-26-22)16-10-12-17(13-11-16)29-14-23-27-28-29/h2-14H,1H3,(H,24,26). The average molecular weight is 379 g/mol. The van der Waals surface area contributed by atoms with Gasteiger partial charge >= 0.3 is 0 Å². The van der Waals surface area contributed by atoms with E-state index in [0.717, 1.165) is 44.8 Å². The second-order valence-corrected chi connectivity index (χ2v) is 6.68. The Balaban J connectivity index is 1.57. The van der Waals surface area contributed by atoms with Crippen LogP contribution in [0, 0.1) is 6.92 Å². The normalized spacial score (nSPS) is 10.9. The molecule has 140 valence electrons. The van der Waals surface area contributed by atoms with Crippen LogP contribution in [0.5, 0.6) is 0 Å². The molecule has 7 nitrogen and oxygen atoms in total. The number of nitrogens with one attached hydrogen (secondary N) is 1. The number of aromatic nitrogens is 6. The van der Waals surface area contributed by atoms with Crippen LogP contribution in [-0.2, 0) is 0 Å². The molecule has 7 heteroatoms. The van der Waals surface area contributed by atoms with E-state index < -0.39 is 0 Å². The minimum Gasteiger partial charge on any atom is -0.338 e. The molecular formula is C22H17N7. The van der Waals surface area contributed by atoms with Crippen LogP contribution in [0.15, 0.2) is 79.1 Å². The Morgan fingerprint density at radius 3 is 2.31 bits per heavy atom. The van der Waals surface area contributed by atoms with Crippen LogP contribution in [0.1, 0.15) is 5.56 Å². The summed E-state index contributed by atoms with van der Waals surface area (Å²) in [6.45, 7) is 2.07. The lowest BCUT2D eigenvalue weighted by Crippen LogP contribution is -2.00. The van der Waals surface area contributed by atoms with E-state index in [4.69, 9.17) is 0 Å². The van der Waals surface area contributed by atoms with Crippen LogP contribution in [0.2, 0.25) is 0 Å². The van der Waals surface area contributed by atoms with Crippen molar-refractivity contribution in [2.45, 2.75) is 6.92 Å². The Labute approximate surface area is 167 Å². The van der Waals surface area contributed by atoms with Gasteiger partial charge in [-0.3, -0.25) is 0 Å². The Morgan fingerprint density at radius 2 is 1.55 bits per heavy atom. The summed E-state index contributed by atoms with van der Waals surface area (Å²) in [7, 11) is 0. The van der Waals surface area contributed by atoms with E-state index in [2.05, 4.69) is 56.2 Å². The van der Waals surface area contributed by atoms with Gasteiger partial charge in [-0.25, -0.2) is 4.68 Å². The molecule has 2 heterocycles. The highest BCUT2D eigenvalue weighted by molar-refractivity contribution is 6.00. The Kier molecular flexibility index (Phi) is 4.18. The predicted molar refractivity (Wildman–Crippen MR) is 112 cm³/mol. The fourth-order valence-corrected chi connectivity index (χ4v) is 3.30. The summed E-state index contributed by atoms with van der Waals surface area (Å²) in [5.41, 5.74) is 4.87. The molecule has 0 aliphatic carbocycles. The number of aryl methyl sites for hydroxylation is 1. The molecule has 5 rings (SSSR count). The molecular weight excluding hydrogens is 362 g/mol. The van der Waals surface area contributed by atoms with E-state index >= 15 is 0 Å². The van der Waals surface area contributed by atoms with Gasteiger partial charge in [0.1, 0.15) is 12.0 Å². The molecule has 3 aromatic carbocycles. The molecule has 0 spiro atoms. The molecule has 0 unspecified atom stereocenters. The molecule has 29 heavy (non-hydrogen) atoms. The van der Waals surface area contributed by atoms with Crippen LogP contribution >= 0.6 is 0 Å². The van der Waals surface area contributed by atoms with E-state index in [1.54, 1.807) is 11.0 Å². The number of rotatable bonds is 4. The maximum absolute atomic E-state index is 4.54. The largest absolute Gasteiger partial charge is 0.338 e. The quantitative estimate of drug-likeness (QED) is 0.501. The minimum absolute atomic E-state index is 0.740. The third kappa shape index (κ3) is 3.19. The van der Waals surface area contributed by atoms with E-state index in [-0.39, 0.29) is 0 Å². The molecule has 2 aromatic heterocycles. The first-order chi connectivity index (χ1) is 14.3. The van der Waals surface area contributed by atoms with Crippen molar-refractivity contribution >= 4 is 22.3 Å².